The zero-order valence-electron chi connectivity index (χ0n) is 74.2. The molecule has 0 heterocycles. The number of unbranched alkanes of at least 4 members (excludes halogenated alkanes) is 26. The molecule has 5 atom stereocenters. The monoisotopic (exact) mass is 1700 g/mol. The molecule has 0 aliphatic heterocycles. The van der Waals surface area contributed by atoms with Crippen LogP contribution < -0.4 is 0 Å². The van der Waals surface area contributed by atoms with Crippen molar-refractivity contribution in [1.82, 2.24) is 0 Å². The summed E-state index contributed by atoms with van der Waals surface area (Å²) in [6.45, 7) is 2.29. The van der Waals surface area contributed by atoms with Gasteiger partial charge in [0.2, 0.25) is 0 Å². The molecule has 5 unspecified atom stereocenters. The van der Waals surface area contributed by atoms with Crippen molar-refractivity contribution in [3.8, 4) is 0 Å². The average molecular weight is 1700 g/mol. The van der Waals surface area contributed by atoms with Gasteiger partial charge >= 0.3 is 33.6 Å². The van der Waals surface area contributed by atoms with Crippen LogP contribution in [0.5, 0.6) is 0 Å². The Bertz CT molecular complexity index is 3040. The quantitative estimate of drug-likeness (QED) is 0.0146. The van der Waals surface area contributed by atoms with Crippen molar-refractivity contribution in [3.05, 3.63) is 219 Å². The SMILES string of the molecule is CC/C=C\C/C=C\C/C=C\C/C=C\C/C=C\C/C=C\CCCCCCCCCCCCCCCCCCC(=O)OCC(O)COP(=O)(O)OCC(O)COP(=O)(O)OCC(COC(=O)CCCCCCCCCC/C=C\C/C=C\C/C=C\C/C=C\C/C=C\C/C=C\CC)OC(=O)CCCC/C=C\C/C=C\C/C=C\C/C=C\C/C=C\C/C=C\CC. The fraction of sp³-hybridized carbons (Fsp3) is 0.614. The second kappa shape index (κ2) is 91.1. The Balaban J connectivity index is 4.60. The molecule has 0 aromatic heterocycles. The molecule has 18 heteroatoms. The minimum atomic E-state index is -4.96. The van der Waals surface area contributed by atoms with Crippen molar-refractivity contribution in [2.24, 2.45) is 0 Å². The second-order valence-corrected chi connectivity index (χ2v) is 32.9. The highest BCUT2D eigenvalue weighted by Crippen LogP contribution is 2.45. The molecule has 0 aliphatic rings. The van der Waals surface area contributed by atoms with Gasteiger partial charge in [0.1, 0.15) is 25.4 Å². The first kappa shape index (κ1) is 113. The molecule has 16 nitrogen and oxygen atoms in total. The molecule has 0 aromatic carbocycles. The Morgan fingerprint density at radius 3 is 0.681 bits per heavy atom. The van der Waals surface area contributed by atoms with Crippen LogP contribution in [0, 0.1) is 0 Å². The molecule has 0 amide bonds. The summed E-state index contributed by atoms with van der Waals surface area (Å²) in [5, 5.41) is 20.7. The third-order valence-corrected chi connectivity index (χ3v) is 20.6. The topological polar surface area (TPSA) is 231 Å². The van der Waals surface area contributed by atoms with Gasteiger partial charge in [0, 0.05) is 19.3 Å². The number of hydrogen-bond acceptors (Lipinski definition) is 14. The van der Waals surface area contributed by atoms with E-state index in [4.69, 9.17) is 32.3 Å². The lowest BCUT2D eigenvalue weighted by atomic mass is 10.0. The summed E-state index contributed by atoms with van der Waals surface area (Å²) in [5.41, 5.74) is 0. The van der Waals surface area contributed by atoms with Crippen molar-refractivity contribution in [2.75, 3.05) is 39.6 Å². The molecule has 674 valence electrons. The van der Waals surface area contributed by atoms with E-state index in [9.17, 15) is 43.5 Å². The maximum Gasteiger partial charge on any atom is 0.472 e. The number of allylic oxidation sites excluding steroid dienone is 36. The second-order valence-electron chi connectivity index (χ2n) is 30.0. The summed E-state index contributed by atoms with van der Waals surface area (Å²) in [4.78, 5) is 59.0. The maximum atomic E-state index is 13.0. The number of esters is 3. The van der Waals surface area contributed by atoms with E-state index in [-0.39, 0.29) is 19.3 Å². The lowest BCUT2D eigenvalue weighted by molar-refractivity contribution is -0.161. The van der Waals surface area contributed by atoms with Crippen molar-refractivity contribution < 1.29 is 75.8 Å². The Hall–Kier alpha value is -6.13. The van der Waals surface area contributed by atoms with Gasteiger partial charge in [-0.1, -0.05) is 368 Å². The van der Waals surface area contributed by atoms with E-state index < -0.39 is 91.5 Å². The third-order valence-electron chi connectivity index (χ3n) is 18.7. The molecule has 0 aromatic rings. The Kier molecular flexibility index (Phi) is 86.4. The van der Waals surface area contributed by atoms with Gasteiger partial charge in [-0.05, 0) is 173 Å². The lowest BCUT2D eigenvalue weighted by Gasteiger charge is -2.21. The average Bonchev–Trinajstić information content (AvgIpc) is 0.905. The standard InChI is InChI=1S/C101H164O16P2/c1-4-7-10-13-16-19-22-25-28-31-34-37-39-41-43-44-45-46-47-48-49-50-52-54-55-58-60-63-66-69-72-75-78-81-84-87-99(104)111-90-96(102)91-113-118(107,108)114-92-97(103)93-115-119(109,110)116-95-98(117-101(106)89-86-83-80-77-74-71-68-65-62-57-36-33-30-27-24-21-18-15-12-9-6-3)94-112-100(105)88-85-82-79-76-73-70-67-64-61-59-56-53-51-42-40-38-35-32-29-26-23-20-17-14-11-8-5-2/h7-12,16-21,25-30,34-38,41-43,45-46,51,56-57,59,65,68,74,77,96-98,102-103H,4-6,13-15,22-24,31-33,39-40,44,47-50,52-55,58,60-64,66-67,69-73,75-76,78-95H2,1-3H3,(H,107,108)(H,109,110)/b10-7-,11-8-,12-9-,19-16-,20-17-,21-18-,28-25-,29-26-,30-27-,37-34-,38-35-,43-41-,46-45-,51-42-,57-36-,59-56-,68-65-,77-74-. The number of rotatable bonds is 85. The van der Waals surface area contributed by atoms with E-state index in [0.29, 0.717) is 25.7 Å². The molecule has 4 N–H and O–H groups in total. The molecule has 0 rings (SSSR count). The smallest absolute Gasteiger partial charge is 0.463 e. The van der Waals surface area contributed by atoms with Crippen molar-refractivity contribution >= 4 is 33.6 Å². The van der Waals surface area contributed by atoms with Crippen molar-refractivity contribution in [2.45, 2.75) is 360 Å². The summed E-state index contributed by atoms with van der Waals surface area (Å²) in [6.07, 6.45) is 124. The number of phosphoric acid groups is 2. The zero-order valence-corrected chi connectivity index (χ0v) is 76.0. The predicted molar refractivity (Wildman–Crippen MR) is 500 cm³/mol. The molecule has 0 bridgehead atoms. The van der Waals surface area contributed by atoms with Crippen LogP contribution in [0.1, 0.15) is 342 Å². The first-order chi connectivity index (χ1) is 58.2. The third kappa shape index (κ3) is 92.4. The summed E-state index contributed by atoms with van der Waals surface area (Å²) < 4.78 is 61.4. The van der Waals surface area contributed by atoms with Gasteiger partial charge in [0.15, 0.2) is 6.10 Å². The number of hydrogen-bond donors (Lipinski definition) is 4. The van der Waals surface area contributed by atoms with Crippen LogP contribution in [0.25, 0.3) is 0 Å². The van der Waals surface area contributed by atoms with E-state index >= 15 is 0 Å². The van der Waals surface area contributed by atoms with Crippen LogP contribution in [0.3, 0.4) is 0 Å². The van der Waals surface area contributed by atoms with Crippen LogP contribution in [0.15, 0.2) is 219 Å². The van der Waals surface area contributed by atoms with Gasteiger partial charge in [-0.25, -0.2) is 9.13 Å². The Labute approximate surface area is 723 Å². The molecule has 0 spiro atoms. The Morgan fingerprint density at radius 1 is 0.235 bits per heavy atom. The van der Waals surface area contributed by atoms with E-state index in [1.165, 1.54) is 89.9 Å². The van der Waals surface area contributed by atoms with Crippen LogP contribution >= 0.6 is 15.6 Å². The molecular formula is C101H164O16P2. The minimum absolute atomic E-state index is 0.0394. The molecule has 0 fully saturated rings. The first-order valence-corrected chi connectivity index (χ1v) is 49.0. The van der Waals surface area contributed by atoms with Gasteiger partial charge in [-0.2, -0.15) is 0 Å². The van der Waals surface area contributed by atoms with Crippen LogP contribution in [0.2, 0.25) is 0 Å². The van der Waals surface area contributed by atoms with E-state index in [1.807, 2.05) is 0 Å². The molecular weight excluding hydrogens is 1530 g/mol. The van der Waals surface area contributed by atoms with Crippen molar-refractivity contribution in [3.63, 3.8) is 0 Å². The molecule has 0 aliphatic carbocycles. The fourth-order valence-electron chi connectivity index (χ4n) is 11.8. The first-order valence-electron chi connectivity index (χ1n) is 46.0. The number of aliphatic hydroxyl groups excluding tert-OH is 2. The number of carbonyl (C=O) groups is 3. The van der Waals surface area contributed by atoms with E-state index in [1.54, 1.807) is 0 Å². The number of aliphatic hydroxyl groups is 2. The van der Waals surface area contributed by atoms with Crippen LogP contribution in [0.4, 0.5) is 0 Å². The molecule has 119 heavy (non-hydrogen) atoms. The Morgan fingerprint density at radius 2 is 0.420 bits per heavy atom. The number of phosphoric ester groups is 2. The van der Waals surface area contributed by atoms with Gasteiger partial charge < -0.3 is 34.2 Å². The molecule has 0 saturated carbocycles. The predicted octanol–water partition coefficient (Wildman–Crippen LogP) is 28.5. The summed E-state index contributed by atoms with van der Waals surface area (Å²) in [5.74, 6) is -1.64. The highest BCUT2D eigenvalue weighted by molar-refractivity contribution is 7.47. The number of carbonyl (C=O) groups excluding carboxylic acids is 3. The highest BCUT2D eigenvalue weighted by Gasteiger charge is 2.29. The van der Waals surface area contributed by atoms with Crippen molar-refractivity contribution in [1.29, 1.82) is 0 Å². The summed E-state index contributed by atoms with van der Waals surface area (Å²) in [7, 11) is -9.84. The number of ether oxygens (including phenoxy) is 3. The fourth-order valence-corrected chi connectivity index (χ4v) is 13.4. The summed E-state index contributed by atoms with van der Waals surface area (Å²) >= 11 is 0. The summed E-state index contributed by atoms with van der Waals surface area (Å²) in [6, 6.07) is 0. The maximum absolute atomic E-state index is 13.0. The van der Waals surface area contributed by atoms with Crippen LogP contribution in [-0.2, 0) is 55.8 Å². The highest BCUT2D eigenvalue weighted by atomic mass is 31.2. The van der Waals surface area contributed by atoms with Gasteiger partial charge in [0.05, 0.1) is 26.4 Å². The van der Waals surface area contributed by atoms with Gasteiger partial charge in [-0.3, -0.25) is 32.5 Å². The van der Waals surface area contributed by atoms with Gasteiger partial charge in [0.25, 0.3) is 0 Å². The van der Waals surface area contributed by atoms with Crippen LogP contribution in [-0.4, -0.2) is 95.9 Å². The largest absolute Gasteiger partial charge is 0.472 e. The van der Waals surface area contributed by atoms with E-state index in [0.717, 1.165) is 186 Å². The molecule has 0 radical (unpaired) electrons. The zero-order chi connectivity index (χ0) is 86.5. The van der Waals surface area contributed by atoms with Gasteiger partial charge in [-0.15, -0.1) is 0 Å². The van der Waals surface area contributed by atoms with E-state index in [2.05, 4.69) is 240 Å². The lowest BCUT2D eigenvalue weighted by Crippen LogP contribution is -2.30. The molecule has 0 saturated heterocycles. The minimum Gasteiger partial charge on any atom is -0.463 e. The normalized spacial score (nSPS) is 14.8.